The number of carbonyl (C=O) groups excluding carboxylic acids is 2. The number of nitrogens with zero attached hydrogens (tertiary/aromatic N) is 1. The van der Waals surface area contributed by atoms with Gasteiger partial charge in [0.1, 0.15) is 0 Å². The normalized spacial score (nSPS) is 11.1. The van der Waals surface area contributed by atoms with Crippen LogP contribution in [-0.4, -0.2) is 44.0 Å². The van der Waals surface area contributed by atoms with Crippen LogP contribution in [0.5, 0.6) is 11.5 Å². The predicted octanol–water partition coefficient (Wildman–Crippen LogP) is 5.24. The maximum Gasteiger partial charge on any atom is 0.255 e. The summed E-state index contributed by atoms with van der Waals surface area (Å²) in [5.74, 6) is 0.566. The van der Waals surface area contributed by atoms with Crippen molar-refractivity contribution in [1.82, 2.24) is 4.90 Å². The van der Waals surface area contributed by atoms with Crippen LogP contribution in [0, 0.1) is 5.41 Å². The minimum atomic E-state index is -0.335. The maximum atomic E-state index is 13.6. The monoisotopic (exact) mass is 509 g/mol. The van der Waals surface area contributed by atoms with E-state index in [1.807, 2.05) is 19.9 Å². The van der Waals surface area contributed by atoms with Crippen molar-refractivity contribution in [1.29, 1.82) is 0 Å². The van der Waals surface area contributed by atoms with Crippen molar-refractivity contribution in [2.45, 2.75) is 20.4 Å². The lowest BCUT2D eigenvalue weighted by atomic mass is 9.92. The van der Waals surface area contributed by atoms with Gasteiger partial charge < -0.3 is 25.4 Å². The van der Waals surface area contributed by atoms with Gasteiger partial charge in [-0.2, -0.15) is 0 Å². The molecule has 0 radical (unpaired) electrons. The van der Waals surface area contributed by atoms with Crippen molar-refractivity contribution >= 4 is 29.1 Å². The van der Waals surface area contributed by atoms with Gasteiger partial charge in [0.2, 0.25) is 0 Å². The third-order valence-corrected chi connectivity index (χ3v) is 6.16. The first-order chi connectivity index (χ1) is 17.2. The van der Waals surface area contributed by atoms with E-state index in [0.29, 0.717) is 52.0 Å². The molecule has 0 saturated heterocycles. The minimum Gasteiger partial charge on any atom is -0.493 e. The molecule has 0 aliphatic rings. The van der Waals surface area contributed by atoms with Crippen LogP contribution in [0.3, 0.4) is 0 Å². The highest BCUT2D eigenvalue weighted by Gasteiger charge is 2.26. The number of ether oxygens (including phenoxy) is 2. The van der Waals surface area contributed by atoms with E-state index in [9.17, 15) is 9.59 Å². The Balaban J connectivity index is 1.90. The fraction of sp³-hybridized carbons (Fsp3) is 0.286. The Morgan fingerprint density at radius 2 is 1.64 bits per heavy atom. The lowest BCUT2D eigenvalue weighted by Crippen LogP contribution is -2.41. The number of anilines is 1. The SMILES string of the molecule is COc1ccc(C(=O)N(Cc2cc(NC(=O)c3ccccc3)ccc2Cl)CC(C)(C)CN)cc1OC. The Morgan fingerprint density at radius 1 is 0.944 bits per heavy atom. The third-order valence-electron chi connectivity index (χ3n) is 5.79. The van der Waals surface area contributed by atoms with Crippen LogP contribution in [0.4, 0.5) is 5.69 Å². The predicted molar refractivity (Wildman–Crippen MR) is 143 cm³/mol. The zero-order valence-electron chi connectivity index (χ0n) is 21.0. The molecule has 190 valence electrons. The summed E-state index contributed by atoms with van der Waals surface area (Å²) in [7, 11) is 3.07. The highest BCUT2D eigenvalue weighted by molar-refractivity contribution is 6.31. The first-order valence-electron chi connectivity index (χ1n) is 11.5. The molecule has 8 heteroatoms. The molecule has 0 aliphatic carbocycles. The second kappa shape index (κ2) is 11.9. The number of amides is 2. The molecule has 0 heterocycles. The van der Waals surface area contributed by atoms with E-state index in [-0.39, 0.29) is 23.8 Å². The second-order valence-electron chi connectivity index (χ2n) is 9.23. The van der Waals surface area contributed by atoms with Crippen LogP contribution in [0.1, 0.15) is 40.1 Å². The molecule has 3 aromatic rings. The molecule has 3 N–H and O–H groups in total. The van der Waals surface area contributed by atoms with Crippen LogP contribution in [0.2, 0.25) is 5.02 Å². The largest absolute Gasteiger partial charge is 0.493 e. The van der Waals surface area contributed by atoms with Gasteiger partial charge in [0, 0.05) is 34.9 Å². The molecule has 3 aromatic carbocycles. The van der Waals surface area contributed by atoms with Gasteiger partial charge in [-0.3, -0.25) is 9.59 Å². The Bertz CT molecular complexity index is 1210. The van der Waals surface area contributed by atoms with Gasteiger partial charge in [0.25, 0.3) is 11.8 Å². The number of nitrogens with one attached hydrogen (secondary N) is 1. The minimum absolute atomic E-state index is 0.202. The quantitative estimate of drug-likeness (QED) is 0.390. The standard InChI is InChI=1S/C28H32ClN3O4/c1-28(2,17-30)18-32(27(34)20-10-13-24(35-3)25(15-20)36-4)16-21-14-22(11-12-23(21)29)31-26(33)19-8-6-5-7-9-19/h5-15H,16-18,30H2,1-4H3,(H,31,33). The van der Waals surface area contributed by atoms with Crippen molar-refractivity contribution in [3.05, 3.63) is 88.4 Å². The van der Waals surface area contributed by atoms with Crippen LogP contribution in [0.15, 0.2) is 66.7 Å². The summed E-state index contributed by atoms with van der Waals surface area (Å²) >= 11 is 6.53. The van der Waals surface area contributed by atoms with E-state index in [2.05, 4.69) is 5.32 Å². The topological polar surface area (TPSA) is 93.9 Å². The number of rotatable bonds is 10. The molecule has 0 bridgehead atoms. The molecule has 3 rings (SSSR count). The average molecular weight is 510 g/mol. The number of methoxy groups -OCH3 is 2. The van der Waals surface area contributed by atoms with E-state index >= 15 is 0 Å². The van der Waals surface area contributed by atoms with Crippen LogP contribution in [-0.2, 0) is 6.54 Å². The van der Waals surface area contributed by atoms with E-state index in [1.165, 1.54) is 7.11 Å². The molecular weight excluding hydrogens is 478 g/mol. The smallest absolute Gasteiger partial charge is 0.255 e. The van der Waals surface area contributed by atoms with E-state index < -0.39 is 0 Å². The Hall–Kier alpha value is -3.55. The highest BCUT2D eigenvalue weighted by Crippen LogP contribution is 2.30. The van der Waals surface area contributed by atoms with Gasteiger partial charge in [-0.15, -0.1) is 0 Å². The number of benzene rings is 3. The first-order valence-corrected chi connectivity index (χ1v) is 11.9. The van der Waals surface area contributed by atoms with Crippen LogP contribution in [0.25, 0.3) is 0 Å². The summed E-state index contributed by atoms with van der Waals surface area (Å²) < 4.78 is 10.7. The van der Waals surface area contributed by atoms with Gasteiger partial charge in [-0.05, 0) is 66.1 Å². The van der Waals surface area contributed by atoms with Gasteiger partial charge in [0.05, 0.1) is 14.2 Å². The Kier molecular flexibility index (Phi) is 8.96. The highest BCUT2D eigenvalue weighted by atomic mass is 35.5. The summed E-state index contributed by atoms with van der Waals surface area (Å²) in [6.07, 6.45) is 0. The van der Waals surface area contributed by atoms with Crippen molar-refractivity contribution < 1.29 is 19.1 Å². The molecule has 0 saturated carbocycles. The fourth-order valence-corrected chi connectivity index (χ4v) is 3.88. The van der Waals surface area contributed by atoms with Gasteiger partial charge in [-0.1, -0.05) is 43.6 Å². The number of carbonyl (C=O) groups is 2. The van der Waals surface area contributed by atoms with E-state index in [0.717, 1.165) is 0 Å². The van der Waals surface area contributed by atoms with Crippen molar-refractivity contribution in [2.24, 2.45) is 11.1 Å². The zero-order chi connectivity index (χ0) is 26.3. The van der Waals surface area contributed by atoms with Crippen molar-refractivity contribution in [2.75, 3.05) is 32.6 Å². The molecule has 0 unspecified atom stereocenters. The number of hydrogen-bond acceptors (Lipinski definition) is 5. The van der Waals surface area contributed by atoms with Crippen LogP contribution >= 0.6 is 11.6 Å². The fourth-order valence-electron chi connectivity index (χ4n) is 3.70. The lowest BCUT2D eigenvalue weighted by Gasteiger charge is -2.32. The Labute approximate surface area is 217 Å². The molecule has 36 heavy (non-hydrogen) atoms. The Morgan fingerprint density at radius 3 is 2.28 bits per heavy atom. The van der Waals surface area contributed by atoms with Gasteiger partial charge in [-0.25, -0.2) is 0 Å². The molecule has 7 nitrogen and oxygen atoms in total. The second-order valence-corrected chi connectivity index (χ2v) is 9.63. The molecule has 2 amide bonds. The summed E-state index contributed by atoms with van der Waals surface area (Å²) in [5.41, 5.74) is 7.93. The molecule has 0 atom stereocenters. The molecule has 0 spiro atoms. The zero-order valence-corrected chi connectivity index (χ0v) is 21.8. The van der Waals surface area contributed by atoms with Crippen molar-refractivity contribution in [3.63, 3.8) is 0 Å². The molecular formula is C28H32ClN3O4. The number of nitrogens with two attached hydrogens (primary N) is 1. The summed E-state index contributed by atoms with van der Waals surface area (Å²) in [6.45, 7) is 5.02. The first kappa shape index (κ1) is 27.0. The van der Waals surface area contributed by atoms with E-state index in [1.54, 1.807) is 72.7 Å². The maximum absolute atomic E-state index is 13.6. The molecule has 0 aliphatic heterocycles. The molecule has 0 aromatic heterocycles. The summed E-state index contributed by atoms with van der Waals surface area (Å²) in [6, 6.07) is 19.2. The number of halogens is 1. The number of hydrogen-bond donors (Lipinski definition) is 2. The van der Waals surface area contributed by atoms with Crippen molar-refractivity contribution in [3.8, 4) is 11.5 Å². The summed E-state index contributed by atoms with van der Waals surface area (Å²) in [5, 5.41) is 3.38. The van der Waals surface area contributed by atoms with Gasteiger partial charge >= 0.3 is 0 Å². The van der Waals surface area contributed by atoms with Crippen LogP contribution < -0.4 is 20.5 Å². The van der Waals surface area contributed by atoms with Gasteiger partial charge in [0.15, 0.2) is 11.5 Å². The lowest BCUT2D eigenvalue weighted by molar-refractivity contribution is 0.0673. The summed E-state index contributed by atoms with van der Waals surface area (Å²) in [4.78, 5) is 28.0. The molecule has 0 fully saturated rings. The third kappa shape index (κ3) is 6.77. The average Bonchev–Trinajstić information content (AvgIpc) is 2.89. The van der Waals surface area contributed by atoms with E-state index in [4.69, 9.17) is 26.8 Å².